The molecular formula is C64H110O6. The van der Waals surface area contributed by atoms with Crippen molar-refractivity contribution in [2.75, 3.05) is 13.2 Å². The zero-order valence-corrected chi connectivity index (χ0v) is 46.0. The van der Waals surface area contributed by atoms with Crippen LogP contribution in [0.15, 0.2) is 85.1 Å². The minimum absolute atomic E-state index is 0.0885. The molecule has 1 unspecified atom stereocenters. The summed E-state index contributed by atoms with van der Waals surface area (Å²) in [5.41, 5.74) is 0. The molecule has 0 aromatic rings. The molecule has 402 valence electrons. The molecule has 1 atom stereocenters. The monoisotopic (exact) mass is 975 g/mol. The molecule has 0 aromatic carbocycles. The van der Waals surface area contributed by atoms with Crippen molar-refractivity contribution in [3.63, 3.8) is 0 Å². The van der Waals surface area contributed by atoms with Gasteiger partial charge in [0.1, 0.15) is 13.2 Å². The molecule has 6 nitrogen and oxygen atoms in total. The highest BCUT2D eigenvalue weighted by Gasteiger charge is 2.19. The van der Waals surface area contributed by atoms with Crippen LogP contribution >= 0.6 is 0 Å². The number of allylic oxidation sites excluding steroid dienone is 14. The second kappa shape index (κ2) is 58.2. The first kappa shape index (κ1) is 66.6. The van der Waals surface area contributed by atoms with Gasteiger partial charge in [-0.2, -0.15) is 0 Å². The highest BCUT2D eigenvalue weighted by Crippen LogP contribution is 2.15. The molecule has 0 aliphatic carbocycles. The molecule has 0 spiro atoms. The Morgan fingerprint density at radius 1 is 0.286 bits per heavy atom. The van der Waals surface area contributed by atoms with Gasteiger partial charge in [0.05, 0.1) is 0 Å². The Labute approximate surface area is 433 Å². The van der Waals surface area contributed by atoms with Crippen LogP contribution in [0.4, 0.5) is 0 Å². The maximum atomic E-state index is 12.9. The van der Waals surface area contributed by atoms with Crippen LogP contribution in [0, 0.1) is 0 Å². The van der Waals surface area contributed by atoms with E-state index >= 15 is 0 Å². The first-order valence-corrected chi connectivity index (χ1v) is 29.7. The molecule has 0 aromatic heterocycles. The van der Waals surface area contributed by atoms with Crippen molar-refractivity contribution in [3.05, 3.63) is 85.1 Å². The minimum atomic E-state index is -0.792. The second-order valence-electron chi connectivity index (χ2n) is 19.7. The Hall–Kier alpha value is -3.41. The van der Waals surface area contributed by atoms with Gasteiger partial charge in [0.15, 0.2) is 6.10 Å². The molecule has 0 aliphatic heterocycles. The first-order chi connectivity index (χ1) is 34.5. The largest absolute Gasteiger partial charge is 0.462 e. The van der Waals surface area contributed by atoms with E-state index in [0.29, 0.717) is 19.3 Å². The maximum absolute atomic E-state index is 12.9. The third-order valence-corrected chi connectivity index (χ3v) is 12.7. The summed E-state index contributed by atoms with van der Waals surface area (Å²) in [5, 5.41) is 0. The van der Waals surface area contributed by atoms with Gasteiger partial charge in [0.2, 0.25) is 0 Å². The molecule has 70 heavy (non-hydrogen) atoms. The van der Waals surface area contributed by atoms with Gasteiger partial charge in [0.25, 0.3) is 0 Å². The third-order valence-electron chi connectivity index (χ3n) is 12.7. The van der Waals surface area contributed by atoms with Crippen molar-refractivity contribution < 1.29 is 28.6 Å². The van der Waals surface area contributed by atoms with Crippen molar-refractivity contribution in [3.8, 4) is 0 Å². The van der Waals surface area contributed by atoms with E-state index < -0.39 is 6.10 Å². The van der Waals surface area contributed by atoms with Gasteiger partial charge in [-0.3, -0.25) is 14.4 Å². The van der Waals surface area contributed by atoms with Gasteiger partial charge in [-0.05, 0) is 89.9 Å². The number of hydrogen-bond donors (Lipinski definition) is 0. The van der Waals surface area contributed by atoms with Crippen LogP contribution in [0.25, 0.3) is 0 Å². The van der Waals surface area contributed by atoms with E-state index in [-0.39, 0.29) is 31.1 Å². The molecule has 0 aliphatic rings. The van der Waals surface area contributed by atoms with Gasteiger partial charge in [0, 0.05) is 19.3 Å². The molecule has 6 heteroatoms. The summed E-state index contributed by atoms with van der Waals surface area (Å²) in [6.45, 7) is 6.54. The summed E-state index contributed by atoms with van der Waals surface area (Å²) in [6, 6.07) is 0. The lowest BCUT2D eigenvalue weighted by atomic mass is 10.1. The molecule has 0 radical (unpaired) electrons. The molecule has 0 saturated heterocycles. The Kier molecular flexibility index (Phi) is 55.3. The van der Waals surface area contributed by atoms with Crippen LogP contribution in [0.3, 0.4) is 0 Å². The van der Waals surface area contributed by atoms with Crippen molar-refractivity contribution in [2.24, 2.45) is 0 Å². The second-order valence-corrected chi connectivity index (χ2v) is 19.7. The predicted molar refractivity (Wildman–Crippen MR) is 302 cm³/mol. The molecule has 0 fully saturated rings. The maximum Gasteiger partial charge on any atom is 0.306 e. The summed E-state index contributed by atoms with van der Waals surface area (Å²) >= 11 is 0. The fourth-order valence-corrected chi connectivity index (χ4v) is 8.23. The quantitative estimate of drug-likeness (QED) is 0.0199. The number of carbonyl (C=O) groups excluding carboxylic acids is 3. The number of ether oxygens (including phenoxy) is 3. The van der Waals surface area contributed by atoms with Crippen LogP contribution in [0.5, 0.6) is 0 Å². The fraction of sp³-hybridized carbons (Fsp3) is 0.734. The van der Waals surface area contributed by atoms with E-state index in [1.54, 1.807) is 0 Å². The first-order valence-electron chi connectivity index (χ1n) is 29.7. The number of rotatable bonds is 53. The lowest BCUT2D eigenvalue weighted by Crippen LogP contribution is -2.30. The van der Waals surface area contributed by atoms with Crippen molar-refractivity contribution >= 4 is 17.9 Å². The van der Waals surface area contributed by atoms with E-state index in [9.17, 15) is 14.4 Å². The smallest absolute Gasteiger partial charge is 0.306 e. The van der Waals surface area contributed by atoms with Gasteiger partial charge in [-0.25, -0.2) is 0 Å². The Morgan fingerprint density at radius 3 is 0.900 bits per heavy atom. The third kappa shape index (κ3) is 55.5. The summed E-state index contributed by atoms with van der Waals surface area (Å²) in [7, 11) is 0. The molecule has 0 saturated carbocycles. The summed E-state index contributed by atoms with van der Waals surface area (Å²) in [4.78, 5) is 38.2. The van der Waals surface area contributed by atoms with Crippen LogP contribution < -0.4 is 0 Å². The van der Waals surface area contributed by atoms with Crippen molar-refractivity contribution in [1.82, 2.24) is 0 Å². The van der Waals surface area contributed by atoms with Crippen LogP contribution in [0.2, 0.25) is 0 Å². The molecule has 0 rings (SSSR count). The lowest BCUT2D eigenvalue weighted by molar-refractivity contribution is -0.167. The average Bonchev–Trinajstić information content (AvgIpc) is 3.36. The minimum Gasteiger partial charge on any atom is -0.462 e. The van der Waals surface area contributed by atoms with Crippen LogP contribution in [-0.4, -0.2) is 37.2 Å². The Balaban J connectivity index is 4.45. The van der Waals surface area contributed by atoms with Crippen LogP contribution in [0.1, 0.15) is 284 Å². The van der Waals surface area contributed by atoms with Gasteiger partial charge < -0.3 is 14.2 Å². The average molecular weight is 976 g/mol. The standard InChI is InChI=1S/C64H110O6/c1-4-7-10-13-16-19-22-25-28-31-34-36-39-42-45-48-51-54-57-63(66)69-60-61(70-64(67)58-55-52-49-46-43-40-37-33-30-27-24-21-18-15-12-9-6-3)59-68-62(65)56-53-50-47-44-41-38-35-32-29-26-23-20-17-14-11-8-5-2/h10,13,16,19,22,25-31,34,36,61H,4-9,11-12,14-15,17-18,20-21,23-24,32-33,35,37-60H2,1-3H3/b13-10-,19-16-,25-22-,29-26-,30-27-,31-28-,36-34-. The number of esters is 3. The van der Waals surface area contributed by atoms with Crippen molar-refractivity contribution in [2.45, 2.75) is 290 Å². The van der Waals surface area contributed by atoms with E-state index in [0.717, 1.165) is 83.5 Å². The normalized spacial score (nSPS) is 12.7. The van der Waals surface area contributed by atoms with E-state index in [1.807, 2.05) is 24.3 Å². The summed E-state index contributed by atoms with van der Waals surface area (Å²) in [5.74, 6) is -0.915. The molecule has 0 bridgehead atoms. The highest BCUT2D eigenvalue weighted by atomic mass is 16.6. The summed E-state index contributed by atoms with van der Waals surface area (Å²) < 4.78 is 16.9. The molecule has 0 heterocycles. The molecule has 0 N–H and O–H groups in total. The van der Waals surface area contributed by atoms with Crippen molar-refractivity contribution in [1.29, 1.82) is 0 Å². The SMILES string of the molecule is CCC\C=C/C=C\C=C/C=C\C=C/CCCCCCCC(=O)OCC(COC(=O)CCCCCCCCC/C=C\CCCCCCCC)OC(=O)CCCCCCCCC/C=C\CCCCCCCC. The zero-order chi connectivity index (χ0) is 50.7. The number of unbranched alkanes of at least 4 members (excludes halogenated alkanes) is 32. The fourth-order valence-electron chi connectivity index (χ4n) is 8.23. The summed E-state index contributed by atoms with van der Waals surface area (Å²) in [6.07, 6.45) is 75.6. The lowest BCUT2D eigenvalue weighted by Gasteiger charge is -2.18. The van der Waals surface area contributed by atoms with E-state index in [1.165, 1.54) is 161 Å². The Morgan fingerprint density at radius 2 is 0.557 bits per heavy atom. The number of carbonyl (C=O) groups is 3. The highest BCUT2D eigenvalue weighted by molar-refractivity contribution is 5.71. The number of hydrogen-bond acceptors (Lipinski definition) is 6. The molecule has 0 amide bonds. The van der Waals surface area contributed by atoms with Gasteiger partial charge in [-0.15, -0.1) is 0 Å². The Bertz CT molecular complexity index is 1350. The van der Waals surface area contributed by atoms with Gasteiger partial charge in [-0.1, -0.05) is 260 Å². The molecular weight excluding hydrogens is 865 g/mol. The topological polar surface area (TPSA) is 78.9 Å². The van der Waals surface area contributed by atoms with Crippen LogP contribution in [-0.2, 0) is 28.6 Å². The van der Waals surface area contributed by atoms with E-state index in [4.69, 9.17) is 14.2 Å². The predicted octanol–water partition coefficient (Wildman–Crippen LogP) is 19.9. The zero-order valence-electron chi connectivity index (χ0n) is 46.0. The van der Waals surface area contributed by atoms with E-state index in [2.05, 4.69) is 81.5 Å². The van der Waals surface area contributed by atoms with Gasteiger partial charge >= 0.3 is 17.9 Å².